The van der Waals surface area contributed by atoms with Gasteiger partial charge in [0.2, 0.25) is 5.91 Å². The van der Waals surface area contributed by atoms with Crippen LogP contribution in [0.2, 0.25) is 0 Å². The van der Waals surface area contributed by atoms with Crippen LogP contribution < -0.4 is 16.8 Å². The predicted octanol–water partition coefficient (Wildman–Crippen LogP) is -0.954. The van der Waals surface area contributed by atoms with E-state index in [4.69, 9.17) is 11.5 Å². The van der Waals surface area contributed by atoms with Gasteiger partial charge in [-0.05, 0) is 31.8 Å². The van der Waals surface area contributed by atoms with Gasteiger partial charge in [0.1, 0.15) is 0 Å². The van der Waals surface area contributed by atoms with E-state index in [0.717, 1.165) is 25.9 Å². The van der Waals surface area contributed by atoms with E-state index in [1.165, 1.54) is 0 Å². The van der Waals surface area contributed by atoms with Crippen molar-refractivity contribution in [1.29, 1.82) is 0 Å². The number of rotatable bonds is 4. The van der Waals surface area contributed by atoms with Crippen molar-refractivity contribution in [2.24, 2.45) is 23.3 Å². The molecule has 4 nitrogen and oxygen atoms in total. The van der Waals surface area contributed by atoms with Gasteiger partial charge in [-0.3, -0.25) is 4.79 Å². The molecule has 5 N–H and O–H groups in total. The summed E-state index contributed by atoms with van der Waals surface area (Å²) in [7, 11) is 0. The zero-order chi connectivity index (χ0) is 8.97. The molecule has 0 spiro atoms. The van der Waals surface area contributed by atoms with Crippen LogP contribution >= 0.6 is 0 Å². The van der Waals surface area contributed by atoms with Crippen molar-refractivity contribution in [3.63, 3.8) is 0 Å². The van der Waals surface area contributed by atoms with E-state index < -0.39 is 0 Å². The Hall–Kier alpha value is -0.610. The molecule has 0 bridgehead atoms. The molecule has 70 valence electrons. The molecule has 0 aromatic heterocycles. The van der Waals surface area contributed by atoms with Crippen molar-refractivity contribution in [1.82, 2.24) is 5.32 Å². The summed E-state index contributed by atoms with van der Waals surface area (Å²) in [5, 5.41) is 3.25. The second kappa shape index (κ2) is 4.42. The number of carbonyl (C=O) groups excluding carboxylic acids is 1. The number of hydrogen-bond acceptors (Lipinski definition) is 3. The van der Waals surface area contributed by atoms with E-state index in [2.05, 4.69) is 5.32 Å². The standard InChI is InChI=1S/C8H17N3O/c9-4-7(8(10)12)3-6-1-2-11-5-6/h6-7,11H,1-5,9H2,(H2,10,12). The topological polar surface area (TPSA) is 81.1 Å². The maximum absolute atomic E-state index is 10.8. The first-order chi connectivity index (χ1) is 5.74. The number of nitrogens with one attached hydrogen (secondary N) is 1. The average molecular weight is 171 g/mol. The number of nitrogens with two attached hydrogens (primary N) is 2. The third-order valence-electron chi connectivity index (χ3n) is 2.47. The van der Waals surface area contributed by atoms with Gasteiger partial charge in [0.15, 0.2) is 0 Å². The first-order valence-corrected chi connectivity index (χ1v) is 4.44. The van der Waals surface area contributed by atoms with Gasteiger partial charge in [0.25, 0.3) is 0 Å². The van der Waals surface area contributed by atoms with E-state index in [0.29, 0.717) is 12.5 Å². The number of carbonyl (C=O) groups is 1. The maximum atomic E-state index is 10.8. The monoisotopic (exact) mass is 171 g/mol. The largest absolute Gasteiger partial charge is 0.369 e. The van der Waals surface area contributed by atoms with Crippen molar-refractivity contribution in [2.75, 3.05) is 19.6 Å². The average Bonchev–Trinajstić information content (AvgIpc) is 2.51. The molecule has 1 rings (SSSR count). The molecule has 1 aliphatic heterocycles. The lowest BCUT2D eigenvalue weighted by Crippen LogP contribution is -2.31. The highest BCUT2D eigenvalue weighted by Gasteiger charge is 2.21. The lowest BCUT2D eigenvalue weighted by atomic mass is 9.93. The van der Waals surface area contributed by atoms with Gasteiger partial charge in [-0.15, -0.1) is 0 Å². The van der Waals surface area contributed by atoms with Crippen LogP contribution in [0.3, 0.4) is 0 Å². The lowest BCUT2D eigenvalue weighted by molar-refractivity contribution is -0.122. The molecule has 1 heterocycles. The van der Waals surface area contributed by atoms with Crippen LogP contribution in [0, 0.1) is 11.8 Å². The van der Waals surface area contributed by atoms with Crippen molar-refractivity contribution in [3.8, 4) is 0 Å². The van der Waals surface area contributed by atoms with E-state index in [-0.39, 0.29) is 11.8 Å². The molecule has 0 aliphatic carbocycles. The van der Waals surface area contributed by atoms with Gasteiger partial charge >= 0.3 is 0 Å². The van der Waals surface area contributed by atoms with E-state index >= 15 is 0 Å². The predicted molar refractivity (Wildman–Crippen MR) is 47.3 cm³/mol. The minimum atomic E-state index is -0.260. The minimum Gasteiger partial charge on any atom is -0.369 e. The third kappa shape index (κ3) is 2.46. The summed E-state index contributed by atoms with van der Waals surface area (Å²) >= 11 is 0. The maximum Gasteiger partial charge on any atom is 0.221 e. The quantitative estimate of drug-likeness (QED) is 0.510. The smallest absolute Gasteiger partial charge is 0.221 e. The van der Waals surface area contributed by atoms with Crippen molar-refractivity contribution in [2.45, 2.75) is 12.8 Å². The Labute approximate surface area is 72.7 Å². The van der Waals surface area contributed by atoms with E-state index in [9.17, 15) is 4.79 Å². The second-order valence-corrected chi connectivity index (χ2v) is 3.43. The van der Waals surface area contributed by atoms with Gasteiger partial charge in [-0.1, -0.05) is 0 Å². The molecular formula is C8H17N3O. The van der Waals surface area contributed by atoms with Gasteiger partial charge in [-0.2, -0.15) is 0 Å². The highest BCUT2D eigenvalue weighted by atomic mass is 16.1. The van der Waals surface area contributed by atoms with Gasteiger partial charge in [0, 0.05) is 6.54 Å². The summed E-state index contributed by atoms with van der Waals surface area (Å²) in [6.45, 7) is 2.44. The Morgan fingerprint density at radius 3 is 2.83 bits per heavy atom. The zero-order valence-electron chi connectivity index (χ0n) is 7.25. The molecule has 0 radical (unpaired) electrons. The Bertz CT molecular complexity index is 154. The molecular weight excluding hydrogens is 154 g/mol. The van der Waals surface area contributed by atoms with Gasteiger partial charge in [-0.25, -0.2) is 0 Å². The molecule has 1 aliphatic rings. The Kier molecular flexibility index (Phi) is 3.49. The molecule has 1 amide bonds. The lowest BCUT2D eigenvalue weighted by Gasteiger charge is -2.14. The van der Waals surface area contributed by atoms with Gasteiger partial charge in [0.05, 0.1) is 5.92 Å². The molecule has 12 heavy (non-hydrogen) atoms. The molecule has 4 heteroatoms. The molecule has 0 aromatic carbocycles. The van der Waals surface area contributed by atoms with Crippen molar-refractivity contribution >= 4 is 5.91 Å². The Morgan fingerprint density at radius 2 is 2.42 bits per heavy atom. The minimum absolute atomic E-state index is 0.130. The Morgan fingerprint density at radius 1 is 1.67 bits per heavy atom. The summed E-state index contributed by atoms with van der Waals surface area (Å²) in [5.41, 5.74) is 10.6. The first kappa shape index (κ1) is 9.48. The van der Waals surface area contributed by atoms with Crippen molar-refractivity contribution < 1.29 is 4.79 Å². The second-order valence-electron chi connectivity index (χ2n) is 3.43. The number of amides is 1. The summed E-state index contributed by atoms with van der Waals surface area (Å²) in [6.07, 6.45) is 1.99. The fraction of sp³-hybridized carbons (Fsp3) is 0.875. The molecule has 0 aromatic rings. The van der Waals surface area contributed by atoms with Crippen LogP contribution in [0.4, 0.5) is 0 Å². The number of hydrogen-bond donors (Lipinski definition) is 3. The van der Waals surface area contributed by atoms with Crippen LogP contribution in [-0.4, -0.2) is 25.5 Å². The highest BCUT2D eigenvalue weighted by Crippen LogP contribution is 2.17. The molecule has 2 atom stereocenters. The highest BCUT2D eigenvalue weighted by molar-refractivity contribution is 5.76. The Balaban J connectivity index is 2.30. The molecule has 0 saturated carbocycles. The van der Waals surface area contributed by atoms with E-state index in [1.807, 2.05) is 0 Å². The van der Waals surface area contributed by atoms with E-state index in [1.54, 1.807) is 0 Å². The molecule has 1 saturated heterocycles. The fourth-order valence-electron chi connectivity index (χ4n) is 1.65. The van der Waals surface area contributed by atoms with Crippen LogP contribution in [0.5, 0.6) is 0 Å². The van der Waals surface area contributed by atoms with Crippen LogP contribution in [0.1, 0.15) is 12.8 Å². The first-order valence-electron chi connectivity index (χ1n) is 4.44. The summed E-state index contributed by atoms with van der Waals surface area (Å²) in [4.78, 5) is 10.8. The van der Waals surface area contributed by atoms with Crippen LogP contribution in [-0.2, 0) is 4.79 Å². The summed E-state index contributed by atoms with van der Waals surface area (Å²) in [6, 6.07) is 0. The molecule has 2 unspecified atom stereocenters. The van der Waals surface area contributed by atoms with Crippen LogP contribution in [0.25, 0.3) is 0 Å². The van der Waals surface area contributed by atoms with Gasteiger partial charge < -0.3 is 16.8 Å². The summed E-state index contributed by atoms with van der Waals surface area (Å²) in [5.74, 6) is 0.199. The third-order valence-corrected chi connectivity index (χ3v) is 2.47. The summed E-state index contributed by atoms with van der Waals surface area (Å²) < 4.78 is 0. The van der Waals surface area contributed by atoms with Crippen LogP contribution in [0.15, 0.2) is 0 Å². The van der Waals surface area contributed by atoms with Crippen molar-refractivity contribution in [3.05, 3.63) is 0 Å². The fourth-order valence-corrected chi connectivity index (χ4v) is 1.65. The normalized spacial score (nSPS) is 25.6. The molecule has 1 fully saturated rings. The SMILES string of the molecule is NCC(CC1CCNC1)C(N)=O. The number of primary amides is 1. The zero-order valence-corrected chi connectivity index (χ0v) is 7.25.